The van der Waals surface area contributed by atoms with Crippen molar-refractivity contribution in [2.45, 2.75) is 34.1 Å². The van der Waals surface area contributed by atoms with Gasteiger partial charge in [0.15, 0.2) is 0 Å². The topological polar surface area (TPSA) is 12.5 Å². The van der Waals surface area contributed by atoms with Gasteiger partial charge in [-0.05, 0) is 59.9 Å². The number of allylic oxidation sites excluding steroid dienone is 5. The standard InChI is InChI=1S/C15H27NO/c1-13(2)9-7-10-15(14(3)4)17-12-8-11-16(5)6/h7,9-10H,8,11-12H2,1-6H3/b10-7-. The molecule has 0 aliphatic heterocycles. The van der Waals surface area contributed by atoms with Crippen molar-refractivity contribution in [2.24, 2.45) is 0 Å². The van der Waals surface area contributed by atoms with Gasteiger partial charge in [0.2, 0.25) is 0 Å². The Hall–Kier alpha value is -1.02. The second kappa shape index (κ2) is 9.06. The van der Waals surface area contributed by atoms with E-state index < -0.39 is 0 Å². The minimum absolute atomic E-state index is 0.776. The lowest BCUT2D eigenvalue weighted by Gasteiger charge is -2.11. The summed E-state index contributed by atoms with van der Waals surface area (Å²) in [7, 11) is 4.16. The van der Waals surface area contributed by atoms with E-state index in [-0.39, 0.29) is 0 Å². The van der Waals surface area contributed by atoms with Crippen LogP contribution in [-0.2, 0) is 4.74 Å². The number of hydrogen-bond acceptors (Lipinski definition) is 2. The number of ether oxygens (including phenoxy) is 1. The van der Waals surface area contributed by atoms with Gasteiger partial charge in [0.25, 0.3) is 0 Å². The van der Waals surface area contributed by atoms with Crippen molar-refractivity contribution in [2.75, 3.05) is 27.2 Å². The molecule has 0 heterocycles. The minimum atomic E-state index is 0.776. The van der Waals surface area contributed by atoms with Gasteiger partial charge in [-0.1, -0.05) is 17.7 Å². The van der Waals surface area contributed by atoms with Gasteiger partial charge < -0.3 is 9.64 Å². The molecule has 0 rings (SSSR count). The van der Waals surface area contributed by atoms with Gasteiger partial charge in [-0.2, -0.15) is 0 Å². The van der Waals surface area contributed by atoms with Gasteiger partial charge in [-0.25, -0.2) is 0 Å². The highest BCUT2D eigenvalue weighted by atomic mass is 16.5. The number of hydrogen-bond donors (Lipinski definition) is 0. The first-order chi connectivity index (χ1) is 7.93. The highest BCUT2D eigenvalue weighted by Crippen LogP contribution is 2.08. The predicted octanol–water partition coefficient (Wildman–Crippen LogP) is 3.77. The van der Waals surface area contributed by atoms with E-state index in [0.717, 1.165) is 25.3 Å². The van der Waals surface area contributed by atoms with Gasteiger partial charge in [0.05, 0.1) is 6.61 Å². The summed E-state index contributed by atoms with van der Waals surface area (Å²) in [5.41, 5.74) is 2.51. The molecule has 0 aromatic heterocycles. The molecule has 0 N–H and O–H groups in total. The largest absolute Gasteiger partial charge is 0.494 e. The van der Waals surface area contributed by atoms with Crippen LogP contribution in [0.2, 0.25) is 0 Å². The van der Waals surface area contributed by atoms with Crippen LogP contribution in [0.15, 0.2) is 35.1 Å². The molecule has 17 heavy (non-hydrogen) atoms. The van der Waals surface area contributed by atoms with Crippen molar-refractivity contribution < 1.29 is 4.74 Å². The zero-order valence-electron chi connectivity index (χ0n) is 12.2. The van der Waals surface area contributed by atoms with E-state index in [1.165, 1.54) is 11.1 Å². The van der Waals surface area contributed by atoms with Crippen LogP contribution in [0.1, 0.15) is 34.1 Å². The zero-order chi connectivity index (χ0) is 13.3. The van der Waals surface area contributed by atoms with Crippen molar-refractivity contribution in [1.29, 1.82) is 0 Å². The lowest BCUT2D eigenvalue weighted by Crippen LogP contribution is -2.14. The fraction of sp³-hybridized carbons (Fsp3) is 0.600. The molecule has 0 aliphatic rings. The molecule has 0 radical (unpaired) electrons. The van der Waals surface area contributed by atoms with E-state index in [0.29, 0.717) is 0 Å². The monoisotopic (exact) mass is 237 g/mol. The molecular formula is C15H27NO. The summed E-state index contributed by atoms with van der Waals surface area (Å²) in [6.07, 6.45) is 7.23. The van der Waals surface area contributed by atoms with Crippen LogP contribution in [0.5, 0.6) is 0 Å². The summed E-state index contributed by atoms with van der Waals surface area (Å²) in [5, 5.41) is 0. The average molecular weight is 237 g/mol. The number of rotatable bonds is 7. The molecule has 0 amide bonds. The van der Waals surface area contributed by atoms with Crippen molar-refractivity contribution in [3.8, 4) is 0 Å². The van der Waals surface area contributed by atoms with E-state index in [9.17, 15) is 0 Å². The smallest absolute Gasteiger partial charge is 0.117 e. The third-order valence-electron chi connectivity index (χ3n) is 2.18. The first kappa shape index (κ1) is 16.0. The first-order valence-corrected chi connectivity index (χ1v) is 6.20. The molecule has 0 atom stereocenters. The maximum atomic E-state index is 5.77. The predicted molar refractivity (Wildman–Crippen MR) is 76.1 cm³/mol. The lowest BCUT2D eigenvalue weighted by molar-refractivity contribution is 0.204. The van der Waals surface area contributed by atoms with Crippen LogP contribution in [0.4, 0.5) is 0 Å². The van der Waals surface area contributed by atoms with Crippen molar-refractivity contribution in [3.63, 3.8) is 0 Å². The molecule has 0 aliphatic carbocycles. The molecule has 0 saturated heterocycles. The Bertz CT molecular complexity index is 290. The van der Waals surface area contributed by atoms with Gasteiger partial charge in [0.1, 0.15) is 5.76 Å². The van der Waals surface area contributed by atoms with Crippen LogP contribution in [0.25, 0.3) is 0 Å². The Balaban J connectivity index is 4.16. The third-order valence-corrected chi connectivity index (χ3v) is 2.18. The van der Waals surface area contributed by atoms with Gasteiger partial charge in [0, 0.05) is 6.54 Å². The molecule has 0 saturated carbocycles. The summed E-state index contributed by atoms with van der Waals surface area (Å²) >= 11 is 0. The fourth-order valence-electron chi connectivity index (χ4n) is 1.25. The minimum Gasteiger partial charge on any atom is -0.494 e. The highest BCUT2D eigenvalue weighted by molar-refractivity contribution is 5.22. The van der Waals surface area contributed by atoms with Gasteiger partial charge in [-0.15, -0.1) is 0 Å². The lowest BCUT2D eigenvalue weighted by atomic mass is 10.2. The van der Waals surface area contributed by atoms with E-state index in [1.54, 1.807) is 0 Å². The molecule has 98 valence electrons. The van der Waals surface area contributed by atoms with E-state index in [1.807, 2.05) is 12.2 Å². The molecular weight excluding hydrogens is 210 g/mol. The summed E-state index contributed by atoms with van der Waals surface area (Å²) in [5.74, 6) is 0.987. The summed E-state index contributed by atoms with van der Waals surface area (Å²) in [6.45, 7) is 10.2. The zero-order valence-corrected chi connectivity index (χ0v) is 12.2. The van der Waals surface area contributed by atoms with E-state index in [2.05, 4.69) is 52.8 Å². The Morgan fingerprint density at radius 2 is 1.76 bits per heavy atom. The molecule has 2 nitrogen and oxygen atoms in total. The van der Waals surface area contributed by atoms with Crippen LogP contribution in [0.3, 0.4) is 0 Å². The summed E-state index contributed by atoms with van der Waals surface area (Å²) in [6, 6.07) is 0. The summed E-state index contributed by atoms with van der Waals surface area (Å²) in [4.78, 5) is 2.17. The van der Waals surface area contributed by atoms with Crippen LogP contribution >= 0.6 is 0 Å². The summed E-state index contributed by atoms with van der Waals surface area (Å²) < 4.78 is 5.77. The normalized spacial score (nSPS) is 10.8. The Kier molecular flexibility index (Phi) is 8.51. The molecule has 0 aromatic rings. The quantitative estimate of drug-likeness (QED) is 0.380. The Morgan fingerprint density at radius 3 is 2.24 bits per heavy atom. The molecule has 0 bridgehead atoms. The van der Waals surface area contributed by atoms with Crippen molar-refractivity contribution in [3.05, 3.63) is 35.1 Å². The average Bonchev–Trinajstić information content (AvgIpc) is 2.20. The SMILES string of the molecule is CC(C)=C/C=C\C(OCCCN(C)C)=C(C)C. The van der Waals surface area contributed by atoms with Gasteiger partial charge >= 0.3 is 0 Å². The Morgan fingerprint density at radius 1 is 1.12 bits per heavy atom. The highest BCUT2D eigenvalue weighted by Gasteiger charge is 1.97. The second-order valence-corrected chi connectivity index (χ2v) is 4.97. The molecule has 0 aromatic carbocycles. The van der Waals surface area contributed by atoms with Crippen LogP contribution in [0, 0.1) is 0 Å². The number of nitrogens with zero attached hydrogens (tertiary/aromatic N) is 1. The van der Waals surface area contributed by atoms with Crippen molar-refractivity contribution in [1.82, 2.24) is 4.90 Å². The maximum Gasteiger partial charge on any atom is 0.117 e. The molecule has 0 fully saturated rings. The fourth-order valence-corrected chi connectivity index (χ4v) is 1.25. The molecule has 0 spiro atoms. The molecule has 0 unspecified atom stereocenters. The van der Waals surface area contributed by atoms with E-state index in [4.69, 9.17) is 4.74 Å². The van der Waals surface area contributed by atoms with Crippen LogP contribution < -0.4 is 0 Å². The van der Waals surface area contributed by atoms with E-state index >= 15 is 0 Å². The van der Waals surface area contributed by atoms with Crippen molar-refractivity contribution >= 4 is 0 Å². The van der Waals surface area contributed by atoms with Gasteiger partial charge in [-0.3, -0.25) is 0 Å². The first-order valence-electron chi connectivity index (χ1n) is 6.20. The Labute approximate surface area is 107 Å². The van der Waals surface area contributed by atoms with Crippen LogP contribution in [-0.4, -0.2) is 32.1 Å². The molecule has 2 heteroatoms. The third kappa shape index (κ3) is 9.88. The maximum absolute atomic E-state index is 5.77. The second-order valence-electron chi connectivity index (χ2n) is 4.97.